The monoisotopic (exact) mass is 328 g/mol. The van der Waals surface area contributed by atoms with Gasteiger partial charge in [0.05, 0.1) is 11.1 Å². The Morgan fingerprint density at radius 1 is 1.17 bits per heavy atom. The van der Waals surface area contributed by atoms with Crippen LogP contribution in [0.2, 0.25) is 5.02 Å². The van der Waals surface area contributed by atoms with E-state index in [-0.39, 0.29) is 5.02 Å². The summed E-state index contributed by atoms with van der Waals surface area (Å²) in [6.45, 7) is 0. The highest BCUT2D eigenvalue weighted by molar-refractivity contribution is 9.10. The Labute approximate surface area is 118 Å². The second kappa shape index (κ2) is 5.83. The van der Waals surface area contributed by atoms with Gasteiger partial charge in [-0.1, -0.05) is 45.7 Å². The molecule has 0 amide bonds. The molecule has 1 nitrogen and oxygen atoms in total. The Morgan fingerprint density at radius 3 is 2.44 bits per heavy atom. The Balaban J connectivity index is 2.13. The highest BCUT2D eigenvalue weighted by Gasteiger charge is 2.10. The molecule has 1 N–H and O–H groups in total. The summed E-state index contributed by atoms with van der Waals surface area (Å²) in [4.78, 5) is 0. The fraction of sp³-hybridized carbons (Fsp3) is 0.143. The van der Waals surface area contributed by atoms with Crippen molar-refractivity contribution in [1.82, 2.24) is 0 Å². The molecule has 1 atom stereocenters. The predicted octanol–water partition coefficient (Wildman–Crippen LogP) is 4.52. The minimum Gasteiger partial charge on any atom is -0.388 e. The minimum atomic E-state index is -0.654. The lowest BCUT2D eigenvalue weighted by molar-refractivity contribution is 0.178. The van der Waals surface area contributed by atoms with E-state index in [0.29, 0.717) is 12.0 Å². The number of aliphatic hydroxyl groups excluding tert-OH is 1. The smallest absolute Gasteiger partial charge is 0.142 e. The van der Waals surface area contributed by atoms with E-state index in [1.165, 1.54) is 12.1 Å². The largest absolute Gasteiger partial charge is 0.388 e. The van der Waals surface area contributed by atoms with Gasteiger partial charge >= 0.3 is 0 Å². The lowest BCUT2D eigenvalue weighted by Gasteiger charge is -2.11. The molecular formula is C14H11BrClFO. The van der Waals surface area contributed by atoms with Crippen LogP contribution in [0.4, 0.5) is 4.39 Å². The van der Waals surface area contributed by atoms with Gasteiger partial charge in [0.25, 0.3) is 0 Å². The molecule has 0 radical (unpaired) electrons. The summed E-state index contributed by atoms with van der Waals surface area (Å²) in [5.74, 6) is -0.461. The molecule has 0 fully saturated rings. The summed E-state index contributed by atoms with van der Waals surface area (Å²) in [7, 11) is 0. The zero-order valence-corrected chi connectivity index (χ0v) is 11.7. The van der Waals surface area contributed by atoms with Gasteiger partial charge in [0.1, 0.15) is 5.82 Å². The van der Waals surface area contributed by atoms with Crippen LogP contribution in [0.1, 0.15) is 17.2 Å². The first-order valence-corrected chi connectivity index (χ1v) is 6.61. The summed E-state index contributed by atoms with van der Waals surface area (Å²) >= 11 is 8.94. The molecule has 4 heteroatoms. The highest BCUT2D eigenvalue weighted by atomic mass is 79.9. The topological polar surface area (TPSA) is 20.2 Å². The first-order valence-electron chi connectivity index (χ1n) is 5.44. The minimum absolute atomic E-state index is 0.0943. The average Bonchev–Trinajstić information content (AvgIpc) is 2.34. The van der Waals surface area contributed by atoms with Gasteiger partial charge in [0.2, 0.25) is 0 Å². The van der Waals surface area contributed by atoms with Gasteiger partial charge in [-0.15, -0.1) is 0 Å². The van der Waals surface area contributed by atoms with E-state index in [2.05, 4.69) is 15.9 Å². The molecule has 1 unspecified atom stereocenters. The van der Waals surface area contributed by atoms with E-state index >= 15 is 0 Å². The van der Waals surface area contributed by atoms with E-state index in [0.717, 1.165) is 10.0 Å². The van der Waals surface area contributed by atoms with Crippen LogP contribution in [-0.2, 0) is 6.42 Å². The van der Waals surface area contributed by atoms with Crippen molar-refractivity contribution in [2.45, 2.75) is 12.5 Å². The summed E-state index contributed by atoms with van der Waals surface area (Å²) in [6.07, 6.45) is -0.297. The number of hydrogen-bond donors (Lipinski definition) is 1. The fourth-order valence-corrected chi connectivity index (χ4v) is 2.07. The van der Waals surface area contributed by atoms with Crippen LogP contribution in [0.15, 0.2) is 46.9 Å². The van der Waals surface area contributed by atoms with Gasteiger partial charge in [0, 0.05) is 10.9 Å². The Bertz CT molecular complexity index is 542. The predicted molar refractivity (Wildman–Crippen MR) is 74.2 cm³/mol. The summed E-state index contributed by atoms with van der Waals surface area (Å²) in [5.41, 5.74) is 1.51. The molecule has 2 aromatic rings. The lowest BCUT2D eigenvalue weighted by atomic mass is 10.0. The fourth-order valence-electron chi connectivity index (χ4n) is 1.69. The van der Waals surface area contributed by atoms with Crippen molar-refractivity contribution in [2.75, 3.05) is 0 Å². The number of aliphatic hydroxyl groups is 1. The molecule has 0 spiro atoms. The van der Waals surface area contributed by atoms with Gasteiger partial charge in [0.15, 0.2) is 0 Å². The molecule has 94 valence electrons. The molecule has 0 aliphatic carbocycles. The average molecular weight is 330 g/mol. The molecule has 0 aromatic heterocycles. The maximum absolute atomic E-state index is 13.3. The summed E-state index contributed by atoms with van der Waals surface area (Å²) < 4.78 is 14.2. The zero-order chi connectivity index (χ0) is 13.1. The van der Waals surface area contributed by atoms with Crippen LogP contribution < -0.4 is 0 Å². The molecule has 0 aliphatic rings. The molecule has 0 saturated carbocycles. The van der Waals surface area contributed by atoms with Crippen molar-refractivity contribution >= 4 is 27.5 Å². The quantitative estimate of drug-likeness (QED) is 0.878. The molecule has 0 saturated heterocycles. The number of halogens is 3. The normalized spacial score (nSPS) is 12.4. The molecule has 0 heterocycles. The van der Waals surface area contributed by atoms with Gasteiger partial charge in [-0.3, -0.25) is 0 Å². The SMILES string of the molecule is OC(Cc1ccc(Cl)c(F)c1)c1ccc(Br)cc1. The Hall–Kier alpha value is -0.900. The third-order valence-corrected chi connectivity index (χ3v) is 3.50. The van der Waals surface area contributed by atoms with Crippen molar-refractivity contribution in [3.63, 3.8) is 0 Å². The van der Waals surface area contributed by atoms with Gasteiger partial charge < -0.3 is 5.11 Å². The van der Waals surface area contributed by atoms with E-state index < -0.39 is 11.9 Å². The first-order chi connectivity index (χ1) is 8.56. The summed E-state index contributed by atoms with van der Waals surface area (Å²) in [6, 6.07) is 12.0. The molecule has 2 aromatic carbocycles. The first kappa shape index (κ1) is 13.5. The Kier molecular flexibility index (Phi) is 4.38. The van der Waals surface area contributed by atoms with Gasteiger partial charge in [-0.25, -0.2) is 4.39 Å². The van der Waals surface area contributed by atoms with Crippen molar-refractivity contribution in [2.24, 2.45) is 0 Å². The van der Waals surface area contributed by atoms with Crippen molar-refractivity contribution in [1.29, 1.82) is 0 Å². The van der Waals surface area contributed by atoms with Crippen LogP contribution >= 0.6 is 27.5 Å². The molecule has 0 bridgehead atoms. The summed E-state index contributed by atoms with van der Waals surface area (Å²) in [5, 5.41) is 10.1. The number of hydrogen-bond acceptors (Lipinski definition) is 1. The second-order valence-corrected chi connectivity index (χ2v) is 5.34. The highest BCUT2D eigenvalue weighted by Crippen LogP contribution is 2.22. The van der Waals surface area contributed by atoms with Crippen LogP contribution in [0, 0.1) is 5.82 Å². The second-order valence-electron chi connectivity index (χ2n) is 4.02. The molecule has 18 heavy (non-hydrogen) atoms. The third kappa shape index (κ3) is 3.31. The van der Waals surface area contributed by atoms with Crippen LogP contribution in [0.5, 0.6) is 0 Å². The van der Waals surface area contributed by atoms with Crippen LogP contribution in [0.25, 0.3) is 0 Å². The lowest BCUT2D eigenvalue weighted by Crippen LogP contribution is -2.02. The molecule has 0 aliphatic heterocycles. The van der Waals surface area contributed by atoms with Crippen LogP contribution in [0.3, 0.4) is 0 Å². The van der Waals surface area contributed by atoms with Gasteiger partial charge in [-0.2, -0.15) is 0 Å². The van der Waals surface area contributed by atoms with E-state index in [1.54, 1.807) is 6.07 Å². The van der Waals surface area contributed by atoms with Crippen LogP contribution in [-0.4, -0.2) is 5.11 Å². The van der Waals surface area contributed by atoms with Crippen molar-refractivity contribution in [3.05, 3.63) is 68.9 Å². The van der Waals surface area contributed by atoms with Gasteiger partial charge in [-0.05, 0) is 35.4 Å². The van der Waals surface area contributed by atoms with Crippen molar-refractivity contribution < 1.29 is 9.50 Å². The Morgan fingerprint density at radius 2 is 1.83 bits per heavy atom. The molecular weight excluding hydrogens is 319 g/mol. The maximum Gasteiger partial charge on any atom is 0.142 e. The standard InChI is InChI=1S/C14H11BrClFO/c15-11-4-2-10(3-5-11)14(18)8-9-1-6-12(16)13(17)7-9/h1-7,14,18H,8H2. The number of benzene rings is 2. The zero-order valence-electron chi connectivity index (χ0n) is 9.41. The maximum atomic E-state index is 13.3. The number of rotatable bonds is 3. The van der Waals surface area contributed by atoms with E-state index in [4.69, 9.17) is 11.6 Å². The van der Waals surface area contributed by atoms with Crippen molar-refractivity contribution in [3.8, 4) is 0 Å². The van der Waals surface area contributed by atoms with E-state index in [1.807, 2.05) is 24.3 Å². The third-order valence-electron chi connectivity index (χ3n) is 2.67. The van der Waals surface area contributed by atoms with E-state index in [9.17, 15) is 9.50 Å². The molecule has 2 rings (SSSR count).